The molecule has 0 amide bonds. The van der Waals surface area contributed by atoms with E-state index in [1.54, 1.807) is 0 Å². The first-order chi connectivity index (χ1) is 8.16. The van der Waals surface area contributed by atoms with Gasteiger partial charge in [-0.2, -0.15) is 0 Å². The van der Waals surface area contributed by atoms with E-state index in [2.05, 4.69) is 12.2 Å². The van der Waals surface area contributed by atoms with Crippen molar-refractivity contribution in [2.24, 2.45) is 0 Å². The number of nitrogens with two attached hydrogens (primary N) is 2. The molecule has 0 saturated carbocycles. The second-order valence-corrected chi connectivity index (χ2v) is 4.12. The minimum absolute atomic E-state index is 0.126. The first-order valence-electron chi connectivity index (χ1n) is 5.63. The van der Waals surface area contributed by atoms with E-state index in [9.17, 15) is 0 Å². The third-order valence-electron chi connectivity index (χ3n) is 2.73. The smallest absolute Gasteiger partial charge is 0.0506 e. The molecule has 1 unspecified atom stereocenters. The van der Waals surface area contributed by atoms with Crippen LogP contribution in [0, 0.1) is 0 Å². The zero-order chi connectivity index (χ0) is 12.3. The molecule has 17 heavy (non-hydrogen) atoms. The lowest BCUT2D eigenvalue weighted by molar-refractivity contribution is 0.889. The first kappa shape index (κ1) is 11.3. The number of hydrogen-bond donors (Lipinski definition) is 3. The lowest BCUT2D eigenvalue weighted by atomic mass is 10.1. The van der Waals surface area contributed by atoms with Crippen molar-refractivity contribution < 1.29 is 0 Å². The van der Waals surface area contributed by atoms with Gasteiger partial charge in [0.1, 0.15) is 0 Å². The Kier molecular flexibility index (Phi) is 3.19. The Morgan fingerprint density at radius 1 is 1.00 bits per heavy atom. The van der Waals surface area contributed by atoms with Crippen LogP contribution < -0.4 is 16.8 Å². The molecule has 0 heterocycles. The number of anilines is 3. The summed E-state index contributed by atoms with van der Waals surface area (Å²) in [5.41, 5.74) is 15.3. The maximum absolute atomic E-state index is 5.95. The van der Waals surface area contributed by atoms with Crippen molar-refractivity contribution in [2.75, 3.05) is 16.8 Å². The topological polar surface area (TPSA) is 64.1 Å². The maximum atomic E-state index is 5.95. The summed E-state index contributed by atoms with van der Waals surface area (Å²) in [7, 11) is 0. The van der Waals surface area contributed by atoms with Crippen LogP contribution in [-0.2, 0) is 0 Å². The van der Waals surface area contributed by atoms with Crippen molar-refractivity contribution in [3.8, 4) is 0 Å². The molecule has 2 aromatic rings. The average Bonchev–Trinajstić information content (AvgIpc) is 2.33. The van der Waals surface area contributed by atoms with E-state index in [0.29, 0.717) is 0 Å². The second kappa shape index (κ2) is 4.78. The predicted octanol–water partition coefficient (Wildman–Crippen LogP) is 3.02. The summed E-state index contributed by atoms with van der Waals surface area (Å²) in [5.74, 6) is 0. The van der Waals surface area contributed by atoms with Crippen LogP contribution >= 0.6 is 0 Å². The Bertz CT molecular complexity index is 494. The van der Waals surface area contributed by atoms with Crippen molar-refractivity contribution in [2.45, 2.75) is 13.0 Å². The Morgan fingerprint density at radius 2 is 1.71 bits per heavy atom. The average molecular weight is 227 g/mol. The Labute approximate surface area is 101 Å². The maximum Gasteiger partial charge on any atom is 0.0506 e. The van der Waals surface area contributed by atoms with Gasteiger partial charge in [-0.25, -0.2) is 0 Å². The van der Waals surface area contributed by atoms with E-state index in [0.717, 1.165) is 22.6 Å². The summed E-state index contributed by atoms with van der Waals surface area (Å²) >= 11 is 0. The summed E-state index contributed by atoms with van der Waals surface area (Å²) in [4.78, 5) is 0. The highest BCUT2D eigenvalue weighted by Crippen LogP contribution is 2.25. The molecule has 0 aromatic heterocycles. The van der Waals surface area contributed by atoms with Crippen molar-refractivity contribution in [1.29, 1.82) is 0 Å². The van der Waals surface area contributed by atoms with Crippen LogP contribution in [0.3, 0.4) is 0 Å². The normalized spacial score (nSPS) is 12.1. The fourth-order valence-electron chi connectivity index (χ4n) is 1.83. The zero-order valence-electron chi connectivity index (χ0n) is 9.85. The number of nitrogen functional groups attached to an aromatic ring is 2. The SMILES string of the molecule is CC(Nc1ccccc1)c1cc(N)ccc1N. The molecule has 0 aliphatic carbocycles. The molecular weight excluding hydrogens is 210 g/mol. The van der Waals surface area contributed by atoms with E-state index in [1.807, 2.05) is 48.5 Å². The summed E-state index contributed by atoms with van der Waals surface area (Å²) in [6.07, 6.45) is 0. The Balaban J connectivity index is 2.20. The Morgan fingerprint density at radius 3 is 2.41 bits per heavy atom. The molecule has 2 rings (SSSR count). The number of rotatable bonds is 3. The van der Waals surface area contributed by atoms with Crippen LogP contribution in [0.4, 0.5) is 17.1 Å². The van der Waals surface area contributed by atoms with Crippen LogP contribution in [0.5, 0.6) is 0 Å². The van der Waals surface area contributed by atoms with E-state index in [4.69, 9.17) is 11.5 Å². The fourth-order valence-corrected chi connectivity index (χ4v) is 1.83. The summed E-state index contributed by atoms with van der Waals surface area (Å²) in [6.45, 7) is 2.07. The number of hydrogen-bond acceptors (Lipinski definition) is 3. The summed E-state index contributed by atoms with van der Waals surface area (Å²) in [6, 6.07) is 15.7. The molecule has 0 bridgehead atoms. The second-order valence-electron chi connectivity index (χ2n) is 4.12. The van der Waals surface area contributed by atoms with Crippen LogP contribution in [-0.4, -0.2) is 0 Å². The highest BCUT2D eigenvalue weighted by atomic mass is 14.9. The van der Waals surface area contributed by atoms with E-state index in [1.165, 1.54) is 0 Å². The monoisotopic (exact) mass is 227 g/mol. The van der Waals surface area contributed by atoms with Gasteiger partial charge in [0.2, 0.25) is 0 Å². The minimum atomic E-state index is 0.126. The standard InChI is InChI=1S/C14H17N3/c1-10(17-12-5-3-2-4-6-12)13-9-11(15)7-8-14(13)16/h2-10,17H,15-16H2,1H3. The predicted molar refractivity (Wildman–Crippen MR) is 73.7 cm³/mol. The van der Waals surface area contributed by atoms with E-state index < -0.39 is 0 Å². The van der Waals surface area contributed by atoms with Gasteiger partial charge in [-0.3, -0.25) is 0 Å². The lowest BCUT2D eigenvalue weighted by Gasteiger charge is -2.18. The molecular formula is C14H17N3. The molecule has 0 aliphatic rings. The molecule has 2 aromatic carbocycles. The van der Waals surface area contributed by atoms with Gasteiger partial charge < -0.3 is 16.8 Å². The molecule has 88 valence electrons. The molecule has 3 nitrogen and oxygen atoms in total. The van der Waals surface area contributed by atoms with Gasteiger partial charge in [0, 0.05) is 17.1 Å². The van der Waals surface area contributed by atoms with Crippen LogP contribution in [0.2, 0.25) is 0 Å². The minimum Gasteiger partial charge on any atom is -0.399 e. The Hall–Kier alpha value is -2.16. The van der Waals surface area contributed by atoms with Gasteiger partial charge in [0.15, 0.2) is 0 Å². The van der Waals surface area contributed by atoms with Crippen LogP contribution in [0.1, 0.15) is 18.5 Å². The van der Waals surface area contributed by atoms with Crippen LogP contribution in [0.15, 0.2) is 48.5 Å². The highest BCUT2D eigenvalue weighted by molar-refractivity contribution is 5.58. The molecule has 3 heteroatoms. The van der Waals surface area contributed by atoms with Crippen molar-refractivity contribution in [1.82, 2.24) is 0 Å². The van der Waals surface area contributed by atoms with E-state index >= 15 is 0 Å². The van der Waals surface area contributed by atoms with Crippen LogP contribution in [0.25, 0.3) is 0 Å². The molecule has 0 spiro atoms. The van der Waals surface area contributed by atoms with Gasteiger partial charge in [-0.15, -0.1) is 0 Å². The van der Waals surface area contributed by atoms with Gasteiger partial charge >= 0.3 is 0 Å². The van der Waals surface area contributed by atoms with Crippen molar-refractivity contribution in [3.63, 3.8) is 0 Å². The lowest BCUT2D eigenvalue weighted by Crippen LogP contribution is -2.09. The van der Waals surface area contributed by atoms with Gasteiger partial charge in [0.05, 0.1) is 6.04 Å². The third kappa shape index (κ3) is 2.69. The fraction of sp³-hybridized carbons (Fsp3) is 0.143. The van der Waals surface area contributed by atoms with Gasteiger partial charge in [0.25, 0.3) is 0 Å². The summed E-state index contributed by atoms with van der Waals surface area (Å²) in [5, 5.41) is 3.39. The molecule has 1 atom stereocenters. The number of nitrogens with one attached hydrogen (secondary N) is 1. The van der Waals surface area contributed by atoms with Crippen molar-refractivity contribution >= 4 is 17.1 Å². The molecule has 0 aliphatic heterocycles. The molecule has 0 fully saturated rings. The van der Waals surface area contributed by atoms with E-state index in [-0.39, 0.29) is 6.04 Å². The van der Waals surface area contributed by atoms with Gasteiger partial charge in [-0.1, -0.05) is 18.2 Å². The number of benzene rings is 2. The molecule has 0 saturated heterocycles. The summed E-state index contributed by atoms with van der Waals surface area (Å²) < 4.78 is 0. The third-order valence-corrected chi connectivity index (χ3v) is 2.73. The number of para-hydroxylation sites is 1. The van der Waals surface area contributed by atoms with Crippen molar-refractivity contribution in [3.05, 3.63) is 54.1 Å². The first-order valence-corrected chi connectivity index (χ1v) is 5.63. The quantitative estimate of drug-likeness (QED) is 0.706. The van der Waals surface area contributed by atoms with Gasteiger partial charge in [-0.05, 0) is 42.8 Å². The largest absolute Gasteiger partial charge is 0.399 e. The molecule has 0 radical (unpaired) electrons. The highest BCUT2D eigenvalue weighted by Gasteiger charge is 2.09. The molecule has 5 N–H and O–H groups in total. The zero-order valence-corrected chi connectivity index (χ0v) is 9.85.